The Morgan fingerprint density at radius 2 is 1.44 bits per heavy atom. The van der Waals surface area contributed by atoms with Crippen molar-refractivity contribution < 1.29 is 0 Å². The number of aromatic nitrogens is 1. The number of benzene rings is 3. The van der Waals surface area contributed by atoms with Gasteiger partial charge in [-0.3, -0.25) is 4.57 Å². The summed E-state index contributed by atoms with van der Waals surface area (Å²) in [5, 5.41) is 7.33. The molecular formula is C22H21N3. The van der Waals surface area contributed by atoms with E-state index in [2.05, 4.69) is 87.6 Å². The number of anilines is 1. The van der Waals surface area contributed by atoms with Gasteiger partial charge in [-0.15, -0.1) is 0 Å². The third-order valence-electron chi connectivity index (χ3n) is 5.14. The molecule has 3 aromatic carbocycles. The van der Waals surface area contributed by atoms with Crippen molar-refractivity contribution in [1.29, 1.82) is 0 Å². The maximum absolute atomic E-state index is 3.46. The minimum absolute atomic E-state index is 1.04. The Bertz CT molecular complexity index is 1040. The van der Waals surface area contributed by atoms with E-state index in [-0.39, 0.29) is 0 Å². The van der Waals surface area contributed by atoms with E-state index < -0.39 is 0 Å². The van der Waals surface area contributed by atoms with Crippen molar-refractivity contribution in [2.24, 2.45) is 0 Å². The van der Waals surface area contributed by atoms with E-state index in [0.717, 1.165) is 26.2 Å². The average Bonchev–Trinajstić information content (AvgIpc) is 3.08. The summed E-state index contributed by atoms with van der Waals surface area (Å²) in [6.45, 7) is 4.16. The van der Waals surface area contributed by atoms with Crippen LogP contribution in [0.4, 0.5) is 5.82 Å². The lowest BCUT2D eigenvalue weighted by Gasteiger charge is -2.30. The van der Waals surface area contributed by atoms with E-state index in [1.165, 1.54) is 33.2 Å². The van der Waals surface area contributed by atoms with Gasteiger partial charge < -0.3 is 10.2 Å². The topological polar surface area (TPSA) is 20.2 Å². The van der Waals surface area contributed by atoms with Crippen LogP contribution in [0.2, 0.25) is 0 Å². The Morgan fingerprint density at radius 3 is 2.32 bits per heavy atom. The highest BCUT2D eigenvalue weighted by molar-refractivity contribution is 5.95. The molecule has 1 fully saturated rings. The molecule has 0 bridgehead atoms. The van der Waals surface area contributed by atoms with Gasteiger partial charge in [-0.05, 0) is 23.6 Å². The van der Waals surface area contributed by atoms with E-state index in [4.69, 9.17) is 0 Å². The highest BCUT2D eigenvalue weighted by Gasteiger charge is 2.19. The smallest absolute Gasteiger partial charge is 0.114 e. The monoisotopic (exact) mass is 327 g/mol. The summed E-state index contributed by atoms with van der Waals surface area (Å²) in [5.41, 5.74) is 2.53. The highest BCUT2D eigenvalue weighted by Crippen LogP contribution is 2.33. The molecule has 25 heavy (non-hydrogen) atoms. The SMILES string of the molecule is c1ccc2c(-n3c(N4CCNCC4)cc4ccccc43)cccc2c1. The predicted molar refractivity (Wildman–Crippen MR) is 106 cm³/mol. The van der Waals surface area contributed by atoms with Gasteiger partial charge in [0.05, 0.1) is 11.2 Å². The molecule has 0 amide bonds. The Labute approximate surface area is 147 Å². The molecule has 1 aliphatic rings. The van der Waals surface area contributed by atoms with E-state index >= 15 is 0 Å². The summed E-state index contributed by atoms with van der Waals surface area (Å²) in [6.07, 6.45) is 0. The van der Waals surface area contributed by atoms with Crippen molar-refractivity contribution in [1.82, 2.24) is 9.88 Å². The largest absolute Gasteiger partial charge is 0.355 e. The lowest BCUT2D eigenvalue weighted by molar-refractivity contribution is 0.583. The second kappa shape index (κ2) is 5.94. The number of nitrogens with one attached hydrogen (secondary N) is 1. The van der Waals surface area contributed by atoms with Crippen LogP contribution in [0, 0.1) is 0 Å². The molecule has 3 nitrogen and oxygen atoms in total. The van der Waals surface area contributed by atoms with E-state index in [1.807, 2.05) is 0 Å². The Hall–Kier alpha value is -2.78. The van der Waals surface area contributed by atoms with E-state index in [9.17, 15) is 0 Å². The fourth-order valence-electron chi connectivity index (χ4n) is 3.92. The number of hydrogen-bond acceptors (Lipinski definition) is 2. The van der Waals surface area contributed by atoms with Gasteiger partial charge in [0, 0.05) is 37.0 Å². The van der Waals surface area contributed by atoms with Crippen molar-refractivity contribution in [3.05, 3.63) is 72.8 Å². The predicted octanol–water partition coefficient (Wildman–Crippen LogP) is 4.19. The van der Waals surface area contributed by atoms with Crippen molar-refractivity contribution in [3.63, 3.8) is 0 Å². The van der Waals surface area contributed by atoms with E-state index in [0.29, 0.717) is 0 Å². The van der Waals surface area contributed by atoms with Crippen LogP contribution in [0.1, 0.15) is 0 Å². The molecular weight excluding hydrogens is 306 g/mol. The molecule has 0 aliphatic carbocycles. The molecule has 2 heterocycles. The first-order chi connectivity index (χ1) is 12.4. The molecule has 1 N–H and O–H groups in total. The first-order valence-corrected chi connectivity index (χ1v) is 8.96. The highest BCUT2D eigenvalue weighted by atomic mass is 15.3. The number of piperazine rings is 1. The fourth-order valence-corrected chi connectivity index (χ4v) is 3.92. The van der Waals surface area contributed by atoms with Gasteiger partial charge >= 0.3 is 0 Å². The maximum Gasteiger partial charge on any atom is 0.114 e. The summed E-state index contributed by atoms with van der Waals surface area (Å²) < 4.78 is 2.43. The summed E-state index contributed by atoms with van der Waals surface area (Å²) in [6, 6.07) is 26.3. The zero-order valence-electron chi connectivity index (χ0n) is 14.2. The molecule has 4 aromatic rings. The zero-order chi connectivity index (χ0) is 16.6. The van der Waals surface area contributed by atoms with Crippen LogP contribution in [0.5, 0.6) is 0 Å². The second-order valence-corrected chi connectivity index (χ2v) is 6.63. The number of rotatable bonds is 2. The molecule has 1 aromatic heterocycles. The maximum atomic E-state index is 3.46. The summed E-state index contributed by atoms with van der Waals surface area (Å²) in [7, 11) is 0. The molecule has 5 rings (SSSR count). The third-order valence-corrected chi connectivity index (χ3v) is 5.14. The molecule has 1 saturated heterocycles. The fraction of sp³-hybridized carbons (Fsp3) is 0.182. The van der Waals surface area contributed by atoms with Crippen LogP contribution in [0.3, 0.4) is 0 Å². The number of nitrogens with zero attached hydrogens (tertiary/aromatic N) is 2. The van der Waals surface area contributed by atoms with Crippen LogP contribution in [0.25, 0.3) is 27.4 Å². The molecule has 3 heteroatoms. The lowest BCUT2D eigenvalue weighted by Crippen LogP contribution is -2.44. The normalized spacial score (nSPS) is 15.1. The van der Waals surface area contributed by atoms with Gasteiger partial charge in [-0.2, -0.15) is 0 Å². The molecule has 0 saturated carbocycles. The van der Waals surface area contributed by atoms with Crippen molar-refractivity contribution >= 4 is 27.5 Å². The molecule has 0 radical (unpaired) electrons. The third kappa shape index (κ3) is 2.39. The van der Waals surface area contributed by atoms with Gasteiger partial charge in [0.15, 0.2) is 0 Å². The van der Waals surface area contributed by atoms with E-state index in [1.54, 1.807) is 0 Å². The van der Waals surface area contributed by atoms with Crippen LogP contribution in [-0.4, -0.2) is 30.7 Å². The standard InChI is InChI=1S/C22H21N3/c1-3-9-19-17(6-1)8-5-11-21(19)25-20-10-4-2-7-18(20)16-22(25)24-14-12-23-13-15-24/h1-11,16,23H,12-15H2. The number of hydrogen-bond donors (Lipinski definition) is 1. The summed E-state index contributed by atoms with van der Waals surface area (Å²) in [4.78, 5) is 2.50. The molecule has 0 atom stereocenters. The van der Waals surface area contributed by atoms with Gasteiger partial charge in [-0.25, -0.2) is 0 Å². The van der Waals surface area contributed by atoms with Crippen LogP contribution in [0.15, 0.2) is 72.8 Å². The number of fused-ring (bicyclic) bond motifs is 2. The minimum Gasteiger partial charge on any atom is -0.355 e. The van der Waals surface area contributed by atoms with Gasteiger partial charge in [-0.1, -0.05) is 54.6 Å². The Balaban J connectivity index is 1.81. The second-order valence-electron chi connectivity index (χ2n) is 6.63. The van der Waals surface area contributed by atoms with Crippen molar-refractivity contribution in [3.8, 4) is 5.69 Å². The van der Waals surface area contributed by atoms with Gasteiger partial charge in [0.1, 0.15) is 5.82 Å². The summed E-state index contributed by atoms with van der Waals surface area (Å²) >= 11 is 0. The van der Waals surface area contributed by atoms with Crippen molar-refractivity contribution in [2.45, 2.75) is 0 Å². The number of para-hydroxylation sites is 1. The van der Waals surface area contributed by atoms with Gasteiger partial charge in [0.25, 0.3) is 0 Å². The van der Waals surface area contributed by atoms with Crippen LogP contribution >= 0.6 is 0 Å². The van der Waals surface area contributed by atoms with Crippen LogP contribution < -0.4 is 10.2 Å². The molecule has 0 spiro atoms. The zero-order valence-corrected chi connectivity index (χ0v) is 14.2. The Kier molecular flexibility index (Phi) is 3.46. The first-order valence-electron chi connectivity index (χ1n) is 8.96. The average molecular weight is 327 g/mol. The lowest BCUT2D eigenvalue weighted by atomic mass is 10.1. The summed E-state index contributed by atoms with van der Waals surface area (Å²) in [5.74, 6) is 1.29. The molecule has 124 valence electrons. The molecule has 1 aliphatic heterocycles. The molecule has 0 unspecified atom stereocenters. The minimum atomic E-state index is 1.04. The quantitative estimate of drug-likeness (QED) is 0.596. The first kappa shape index (κ1) is 14.6. The van der Waals surface area contributed by atoms with Crippen LogP contribution in [-0.2, 0) is 0 Å². The van der Waals surface area contributed by atoms with Gasteiger partial charge in [0.2, 0.25) is 0 Å². The Morgan fingerprint density at radius 1 is 0.720 bits per heavy atom. The van der Waals surface area contributed by atoms with Crippen molar-refractivity contribution in [2.75, 3.05) is 31.1 Å².